The van der Waals surface area contributed by atoms with Gasteiger partial charge in [0, 0.05) is 6.54 Å². The van der Waals surface area contributed by atoms with E-state index in [4.69, 9.17) is 10.2 Å². The van der Waals surface area contributed by atoms with Gasteiger partial charge in [-0.3, -0.25) is 4.90 Å². The first-order chi connectivity index (χ1) is 4.25. The lowest BCUT2D eigenvalue weighted by atomic mass is 10.2. The van der Waals surface area contributed by atoms with Crippen molar-refractivity contribution in [2.24, 2.45) is 0 Å². The number of likely N-dealkylation sites (tertiary alicyclic amines) is 1. The monoisotopic (exact) mass is 131 g/mol. The van der Waals surface area contributed by atoms with Gasteiger partial charge in [0.15, 0.2) is 0 Å². The van der Waals surface area contributed by atoms with Crippen molar-refractivity contribution in [2.75, 3.05) is 20.2 Å². The molecular formula is C6H13NO2. The van der Waals surface area contributed by atoms with Gasteiger partial charge in [0.1, 0.15) is 0 Å². The number of aliphatic hydroxyl groups is 2. The molecule has 0 bridgehead atoms. The molecule has 3 nitrogen and oxygen atoms in total. The average molecular weight is 131 g/mol. The van der Waals surface area contributed by atoms with Gasteiger partial charge >= 0.3 is 0 Å². The number of hydrogen-bond acceptors (Lipinski definition) is 3. The highest BCUT2D eigenvalue weighted by atomic mass is 16.3. The zero-order valence-electron chi connectivity index (χ0n) is 5.62. The van der Waals surface area contributed by atoms with E-state index < -0.39 is 0 Å². The van der Waals surface area contributed by atoms with Crippen LogP contribution in [0, 0.1) is 0 Å². The van der Waals surface area contributed by atoms with Gasteiger partial charge < -0.3 is 10.2 Å². The fourth-order valence-electron chi connectivity index (χ4n) is 1.25. The second-order valence-corrected chi connectivity index (χ2v) is 2.59. The van der Waals surface area contributed by atoms with Gasteiger partial charge in [0.05, 0.1) is 18.8 Å². The highest BCUT2D eigenvalue weighted by molar-refractivity contribution is 4.83. The first-order valence-corrected chi connectivity index (χ1v) is 3.25. The van der Waals surface area contributed by atoms with Crippen LogP contribution >= 0.6 is 0 Å². The molecule has 0 aromatic heterocycles. The smallest absolute Gasteiger partial charge is 0.0729 e. The standard InChI is InChI=1S/C6H13NO2/c1-7-3-2-6(9)5(7)4-8/h5-6,8-9H,2-4H2,1H3/t5-,6?/m1/s1. The van der Waals surface area contributed by atoms with Crippen molar-refractivity contribution in [2.45, 2.75) is 18.6 Å². The Hall–Kier alpha value is -0.120. The van der Waals surface area contributed by atoms with Crippen molar-refractivity contribution >= 4 is 0 Å². The molecule has 0 spiro atoms. The molecule has 0 radical (unpaired) electrons. The zero-order valence-corrected chi connectivity index (χ0v) is 5.62. The number of nitrogens with zero attached hydrogens (tertiary/aromatic N) is 1. The Labute approximate surface area is 54.9 Å². The zero-order chi connectivity index (χ0) is 6.85. The van der Waals surface area contributed by atoms with Gasteiger partial charge in [0.25, 0.3) is 0 Å². The molecule has 1 aliphatic rings. The third-order valence-electron chi connectivity index (χ3n) is 1.97. The van der Waals surface area contributed by atoms with E-state index in [1.54, 1.807) is 0 Å². The Bertz CT molecular complexity index is 87.1. The van der Waals surface area contributed by atoms with E-state index >= 15 is 0 Å². The summed E-state index contributed by atoms with van der Waals surface area (Å²) in [5.41, 5.74) is 0. The van der Waals surface area contributed by atoms with E-state index in [-0.39, 0.29) is 18.8 Å². The Morgan fingerprint density at radius 1 is 1.67 bits per heavy atom. The lowest BCUT2D eigenvalue weighted by Crippen LogP contribution is -2.35. The molecule has 1 heterocycles. The predicted molar refractivity (Wildman–Crippen MR) is 34.1 cm³/mol. The molecule has 1 saturated heterocycles. The first kappa shape index (κ1) is 6.99. The maximum atomic E-state index is 9.16. The van der Waals surface area contributed by atoms with Crippen molar-refractivity contribution in [1.82, 2.24) is 4.90 Å². The van der Waals surface area contributed by atoms with Crippen molar-refractivity contribution < 1.29 is 10.2 Å². The average Bonchev–Trinajstić information content (AvgIpc) is 2.12. The van der Waals surface area contributed by atoms with Crippen LogP contribution in [0.2, 0.25) is 0 Å². The minimum Gasteiger partial charge on any atom is -0.395 e. The molecule has 1 rings (SSSR count). The molecule has 0 aromatic carbocycles. The van der Waals surface area contributed by atoms with Crippen molar-refractivity contribution in [3.05, 3.63) is 0 Å². The molecule has 54 valence electrons. The normalized spacial score (nSPS) is 37.7. The number of aliphatic hydroxyl groups excluding tert-OH is 2. The highest BCUT2D eigenvalue weighted by Gasteiger charge is 2.28. The van der Waals surface area contributed by atoms with Crippen LogP contribution in [0.25, 0.3) is 0 Å². The molecule has 9 heavy (non-hydrogen) atoms. The van der Waals surface area contributed by atoms with Crippen LogP contribution < -0.4 is 0 Å². The van der Waals surface area contributed by atoms with E-state index in [2.05, 4.69) is 0 Å². The van der Waals surface area contributed by atoms with Gasteiger partial charge in [-0.25, -0.2) is 0 Å². The molecule has 2 atom stereocenters. The third kappa shape index (κ3) is 1.23. The van der Waals surface area contributed by atoms with Gasteiger partial charge in [-0.1, -0.05) is 0 Å². The molecule has 0 saturated carbocycles. The molecule has 3 heteroatoms. The summed E-state index contributed by atoms with van der Waals surface area (Å²) in [4.78, 5) is 1.98. The summed E-state index contributed by atoms with van der Waals surface area (Å²) in [6.45, 7) is 0.962. The summed E-state index contributed by atoms with van der Waals surface area (Å²) in [6, 6.07) is -0.0231. The molecule has 0 aromatic rings. The summed E-state index contributed by atoms with van der Waals surface area (Å²) in [7, 11) is 1.91. The van der Waals surface area contributed by atoms with E-state index in [1.807, 2.05) is 11.9 Å². The Morgan fingerprint density at radius 2 is 2.33 bits per heavy atom. The van der Waals surface area contributed by atoms with E-state index in [0.29, 0.717) is 0 Å². The summed E-state index contributed by atoms with van der Waals surface area (Å²) < 4.78 is 0. The summed E-state index contributed by atoms with van der Waals surface area (Å²) in [5.74, 6) is 0. The molecule has 0 amide bonds. The molecule has 1 aliphatic heterocycles. The number of likely N-dealkylation sites (N-methyl/N-ethyl adjacent to an activating group) is 1. The molecule has 1 fully saturated rings. The second kappa shape index (κ2) is 2.64. The van der Waals surface area contributed by atoms with Crippen molar-refractivity contribution in [3.63, 3.8) is 0 Å². The fraction of sp³-hybridized carbons (Fsp3) is 1.00. The number of rotatable bonds is 1. The number of hydrogen-bond donors (Lipinski definition) is 2. The first-order valence-electron chi connectivity index (χ1n) is 3.25. The van der Waals surface area contributed by atoms with Crippen molar-refractivity contribution in [1.29, 1.82) is 0 Å². The maximum absolute atomic E-state index is 9.16. The molecule has 1 unspecified atom stereocenters. The topological polar surface area (TPSA) is 43.7 Å². The van der Waals surface area contributed by atoms with Crippen LogP contribution in [0.15, 0.2) is 0 Å². The minimum absolute atomic E-state index is 0.0231. The molecular weight excluding hydrogens is 118 g/mol. The molecule has 2 N–H and O–H groups in total. The Balaban J connectivity index is 2.44. The lowest BCUT2D eigenvalue weighted by Gasteiger charge is -2.18. The van der Waals surface area contributed by atoms with Crippen LogP contribution in [0.3, 0.4) is 0 Å². The predicted octanol–water partition coefficient (Wildman–Crippen LogP) is -0.956. The van der Waals surface area contributed by atoms with Gasteiger partial charge in [-0.2, -0.15) is 0 Å². The SMILES string of the molecule is CN1CCC(O)[C@H]1CO. The quantitative estimate of drug-likeness (QED) is 0.482. The summed E-state index contributed by atoms with van der Waals surface area (Å²) >= 11 is 0. The highest BCUT2D eigenvalue weighted by Crippen LogP contribution is 2.14. The largest absolute Gasteiger partial charge is 0.395 e. The van der Waals surface area contributed by atoms with Gasteiger partial charge in [0.2, 0.25) is 0 Å². The fourth-order valence-corrected chi connectivity index (χ4v) is 1.25. The van der Waals surface area contributed by atoms with Crippen LogP contribution in [-0.4, -0.2) is 47.5 Å². The lowest BCUT2D eigenvalue weighted by molar-refractivity contribution is 0.0822. The van der Waals surface area contributed by atoms with E-state index in [1.165, 1.54) is 0 Å². The Kier molecular flexibility index (Phi) is 2.05. The van der Waals surface area contributed by atoms with Crippen LogP contribution in [-0.2, 0) is 0 Å². The van der Waals surface area contributed by atoms with E-state index in [0.717, 1.165) is 13.0 Å². The molecule has 0 aliphatic carbocycles. The van der Waals surface area contributed by atoms with Crippen LogP contribution in [0.4, 0.5) is 0 Å². The third-order valence-corrected chi connectivity index (χ3v) is 1.97. The van der Waals surface area contributed by atoms with Crippen LogP contribution in [0.5, 0.6) is 0 Å². The van der Waals surface area contributed by atoms with E-state index in [9.17, 15) is 0 Å². The van der Waals surface area contributed by atoms with Gasteiger partial charge in [-0.15, -0.1) is 0 Å². The Morgan fingerprint density at radius 3 is 2.56 bits per heavy atom. The summed E-state index contributed by atoms with van der Waals surface area (Å²) in [6.07, 6.45) is 0.474. The van der Waals surface area contributed by atoms with Crippen molar-refractivity contribution in [3.8, 4) is 0 Å². The van der Waals surface area contributed by atoms with Crippen LogP contribution in [0.1, 0.15) is 6.42 Å². The second-order valence-electron chi connectivity index (χ2n) is 2.59. The minimum atomic E-state index is -0.319. The maximum Gasteiger partial charge on any atom is 0.0729 e. The summed E-state index contributed by atoms with van der Waals surface area (Å²) in [5, 5.41) is 17.9. The van der Waals surface area contributed by atoms with Gasteiger partial charge in [-0.05, 0) is 13.5 Å².